The molecule has 2 amide bonds. The average molecular weight is 433 g/mol. The van der Waals surface area contributed by atoms with Gasteiger partial charge in [0.1, 0.15) is 0 Å². The topological polar surface area (TPSA) is 49.4 Å². The molecule has 0 bridgehead atoms. The van der Waals surface area contributed by atoms with Gasteiger partial charge in [0.05, 0.1) is 5.92 Å². The summed E-state index contributed by atoms with van der Waals surface area (Å²) in [6, 6.07) is 18.3. The van der Waals surface area contributed by atoms with Crippen LogP contribution >= 0.6 is 0 Å². The molecule has 0 aromatic heterocycles. The summed E-state index contributed by atoms with van der Waals surface area (Å²) < 4.78 is 0. The maximum absolute atomic E-state index is 13.5. The van der Waals surface area contributed by atoms with Crippen LogP contribution in [0.3, 0.4) is 0 Å². The third-order valence-electron chi connectivity index (χ3n) is 7.40. The monoisotopic (exact) mass is 432 g/mol. The highest BCUT2D eigenvalue weighted by molar-refractivity contribution is 5.93. The molecule has 4 nitrogen and oxygen atoms in total. The van der Waals surface area contributed by atoms with Crippen molar-refractivity contribution in [3.63, 3.8) is 0 Å². The van der Waals surface area contributed by atoms with Crippen LogP contribution in [-0.2, 0) is 16.0 Å². The summed E-state index contributed by atoms with van der Waals surface area (Å²) >= 11 is 0. The second-order valence-electron chi connectivity index (χ2n) is 9.78. The van der Waals surface area contributed by atoms with Crippen LogP contribution in [0.4, 0.5) is 5.69 Å². The summed E-state index contributed by atoms with van der Waals surface area (Å²) in [4.78, 5) is 28.6. The van der Waals surface area contributed by atoms with Gasteiger partial charge in [0, 0.05) is 30.6 Å². The molecule has 4 rings (SSSR count). The molecule has 1 aliphatic heterocycles. The van der Waals surface area contributed by atoms with Crippen molar-refractivity contribution in [3.8, 4) is 0 Å². The van der Waals surface area contributed by atoms with Crippen LogP contribution in [0.1, 0.15) is 63.0 Å². The fourth-order valence-electron chi connectivity index (χ4n) is 5.27. The van der Waals surface area contributed by atoms with Gasteiger partial charge in [-0.3, -0.25) is 9.59 Å². The molecule has 1 aliphatic carbocycles. The quantitative estimate of drug-likeness (QED) is 0.664. The van der Waals surface area contributed by atoms with Gasteiger partial charge in [0.2, 0.25) is 11.8 Å². The summed E-state index contributed by atoms with van der Waals surface area (Å²) in [6.45, 7) is 5.67. The third-order valence-corrected chi connectivity index (χ3v) is 7.40. The number of likely N-dealkylation sites (tertiary alicyclic amines) is 1. The zero-order valence-electron chi connectivity index (χ0n) is 19.4. The van der Waals surface area contributed by atoms with Gasteiger partial charge in [-0.25, -0.2) is 0 Å². The minimum absolute atomic E-state index is 0.0149. The van der Waals surface area contributed by atoms with E-state index in [2.05, 4.69) is 43.4 Å². The SMILES string of the molecule is CCc1ccc(C2CC(C(=O)Nc3ccccc3)CN(C(=O)C3CCC(C)CC3)C2)cc1. The second kappa shape index (κ2) is 10.3. The van der Waals surface area contributed by atoms with Gasteiger partial charge >= 0.3 is 0 Å². The number of aryl methyl sites for hydroxylation is 1. The van der Waals surface area contributed by atoms with Crippen molar-refractivity contribution >= 4 is 17.5 Å². The molecule has 0 radical (unpaired) electrons. The lowest BCUT2D eigenvalue weighted by Gasteiger charge is -2.40. The molecule has 4 heteroatoms. The number of para-hydroxylation sites is 1. The van der Waals surface area contributed by atoms with Gasteiger partial charge in [0.15, 0.2) is 0 Å². The Morgan fingerprint density at radius 1 is 0.906 bits per heavy atom. The maximum atomic E-state index is 13.5. The molecule has 1 heterocycles. The summed E-state index contributed by atoms with van der Waals surface area (Å²) in [5.41, 5.74) is 3.35. The molecule has 2 aromatic rings. The minimum atomic E-state index is -0.203. The Morgan fingerprint density at radius 2 is 1.59 bits per heavy atom. The standard InChI is InChI=1S/C28H36N2O2/c1-3-21-11-15-22(16-12-21)24-17-25(27(31)29-26-7-5-4-6-8-26)19-30(18-24)28(32)23-13-9-20(2)10-14-23/h4-8,11-12,15-16,20,23-25H,3,9-10,13-14,17-19H2,1-2H3,(H,29,31). The van der Waals surface area contributed by atoms with Gasteiger partial charge in [-0.05, 0) is 67.7 Å². The van der Waals surface area contributed by atoms with E-state index in [9.17, 15) is 9.59 Å². The Hall–Kier alpha value is -2.62. The van der Waals surface area contributed by atoms with E-state index in [1.807, 2.05) is 35.2 Å². The fraction of sp³-hybridized carbons (Fsp3) is 0.500. The number of hydrogen-bond donors (Lipinski definition) is 1. The number of piperidine rings is 1. The molecular formula is C28H36N2O2. The Balaban J connectivity index is 1.52. The third kappa shape index (κ3) is 5.40. The Bertz CT molecular complexity index is 901. The van der Waals surface area contributed by atoms with E-state index in [4.69, 9.17) is 0 Å². The van der Waals surface area contributed by atoms with Crippen LogP contribution in [0.2, 0.25) is 0 Å². The smallest absolute Gasteiger partial charge is 0.229 e. The van der Waals surface area contributed by atoms with E-state index >= 15 is 0 Å². The molecule has 2 atom stereocenters. The lowest BCUT2D eigenvalue weighted by Crippen LogP contribution is -2.49. The van der Waals surface area contributed by atoms with Crippen molar-refractivity contribution in [2.75, 3.05) is 18.4 Å². The predicted octanol–water partition coefficient (Wildman–Crippen LogP) is 5.65. The molecule has 32 heavy (non-hydrogen) atoms. The number of carbonyl (C=O) groups is 2. The summed E-state index contributed by atoms with van der Waals surface area (Å²) in [7, 11) is 0. The first-order valence-corrected chi connectivity index (χ1v) is 12.3. The highest BCUT2D eigenvalue weighted by Crippen LogP contribution is 2.35. The number of rotatable bonds is 5. The summed E-state index contributed by atoms with van der Waals surface area (Å²) in [5.74, 6) is 1.09. The number of amides is 2. The Morgan fingerprint density at radius 3 is 2.25 bits per heavy atom. The van der Waals surface area contributed by atoms with Crippen molar-refractivity contribution in [2.24, 2.45) is 17.8 Å². The van der Waals surface area contributed by atoms with E-state index in [-0.39, 0.29) is 29.6 Å². The Labute approximate surface area is 192 Å². The van der Waals surface area contributed by atoms with E-state index in [1.165, 1.54) is 11.1 Å². The predicted molar refractivity (Wildman–Crippen MR) is 129 cm³/mol. The normalized spacial score (nSPS) is 25.9. The number of nitrogens with one attached hydrogen (secondary N) is 1. The number of benzene rings is 2. The molecule has 2 fully saturated rings. The van der Waals surface area contributed by atoms with Crippen LogP contribution in [-0.4, -0.2) is 29.8 Å². The zero-order chi connectivity index (χ0) is 22.5. The van der Waals surface area contributed by atoms with Crippen molar-refractivity contribution in [1.82, 2.24) is 4.90 Å². The molecule has 170 valence electrons. The van der Waals surface area contributed by atoms with Crippen LogP contribution in [0.25, 0.3) is 0 Å². The van der Waals surface area contributed by atoms with Gasteiger partial charge in [0.25, 0.3) is 0 Å². The highest BCUT2D eigenvalue weighted by atomic mass is 16.2. The molecule has 2 aromatic carbocycles. The van der Waals surface area contributed by atoms with Crippen LogP contribution in [0, 0.1) is 17.8 Å². The van der Waals surface area contributed by atoms with Crippen molar-refractivity contribution < 1.29 is 9.59 Å². The van der Waals surface area contributed by atoms with Gasteiger partial charge in [-0.1, -0.05) is 56.3 Å². The molecular weight excluding hydrogens is 396 g/mol. The average Bonchev–Trinajstić information content (AvgIpc) is 2.84. The lowest BCUT2D eigenvalue weighted by molar-refractivity contribution is -0.140. The number of anilines is 1. The van der Waals surface area contributed by atoms with E-state index < -0.39 is 0 Å². The lowest BCUT2D eigenvalue weighted by atomic mass is 9.80. The number of nitrogens with zero attached hydrogens (tertiary/aromatic N) is 1. The summed E-state index contributed by atoms with van der Waals surface area (Å²) in [5, 5.41) is 3.07. The first kappa shape index (κ1) is 22.6. The first-order chi connectivity index (χ1) is 15.5. The largest absolute Gasteiger partial charge is 0.341 e. The molecule has 2 unspecified atom stereocenters. The number of carbonyl (C=O) groups excluding carboxylic acids is 2. The maximum Gasteiger partial charge on any atom is 0.229 e. The fourth-order valence-corrected chi connectivity index (χ4v) is 5.27. The molecule has 1 N–H and O–H groups in total. The molecule has 0 spiro atoms. The van der Waals surface area contributed by atoms with Crippen molar-refractivity contribution in [3.05, 3.63) is 65.7 Å². The van der Waals surface area contributed by atoms with Gasteiger partial charge in [-0.15, -0.1) is 0 Å². The van der Waals surface area contributed by atoms with Gasteiger partial charge in [-0.2, -0.15) is 0 Å². The molecule has 1 saturated heterocycles. The van der Waals surface area contributed by atoms with Crippen LogP contribution < -0.4 is 5.32 Å². The van der Waals surface area contributed by atoms with Crippen molar-refractivity contribution in [2.45, 2.75) is 58.3 Å². The zero-order valence-corrected chi connectivity index (χ0v) is 19.4. The van der Waals surface area contributed by atoms with Crippen LogP contribution in [0.15, 0.2) is 54.6 Å². The highest BCUT2D eigenvalue weighted by Gasteiger charge is 2.37. The van der Waals surface area contributed by atoms with E-state index in [0.717, 1.165) is 50.1 Å². The van der Waals surface area contributed by atoms with E-state index in [0.29, 0.717) is 13.1 Å². The van der Waals surface area contributed by atoms with Crippen LogP contribution in [0.5, 0.6) is 0 Å². The van der Waals surface area contributed by atoms with Gasteiger partial charge < -0.3 is 10.2 Å². The second-order valence-corrected chi connectivity index (χ2v) is 9.78. The number of hydrogen-bond acceptors (Lipinski definition) is 2. The first-order valence-electron chi connectivity index (χ1n) is 12.3. The Kier molecular flexibility index (Phi) is 7.29. The minimum Gasteiger partial charge on any atom is -0.341 e. The summed E-state index contributed by atoms with van der Waals surface area (Å²) in [6.07, 6.45) is 6.00. The molecule has 2 aliphatic rings. The van der Waals surface area contributed by atoms with E-state index in [1.54, 1.807) is 0 Å². The van der Waals surface area contributed by atoms with Crippen molar-refractivity contribution in [1.29, 1.82) is 0 Å². The molecule has 1 saturated carbocycles.